The van der Waals surface area contributed by atoms with E-state index in [0.29, 0.717) is 26.1 Å². The molecule has 0 N–H and O–H groups in total. The van der Waals surface area contributed by atoms with Crippen LogP contribution in [0.25, 0.3) is 0 Å². The Balaban J connectivity index is 1.09. The summed E-state index contributed by atoms with van der Waals surface area (Å²) in [5.41, 5.74) is 2.05. The highest BCUT2D eigenvalue weighted by atomic mass is 31.1. The standard InChI is InChI=1S/C70H74O10P4/c1-71-53-28-9-17-36-61(53)81(62-37-18-10-29-54(62)72-2)46-44-69(83(65-40-21-13-32-57(65)75-5)66-41-22-14-33-58(66)76-6)79-49-51-26-25-27-52(48-51)50-80-70(84(67-42-23-15-34-59(67)77-7)68-43-24-16-35-60(68)78-8)45-47-82(63-38-19-11-30-55(63)73-3)64-39-20-12-31-56(64)74-4/h9-43,48,69-70H,44-47,49-50H2,1-8H3. The summed E-state index contributed by atoms with van der Waals surface area (Å²) < 4.78 is 63.9. The SMILES string of the molecule is COc1ccccc1P(CCC(OCc1cccc(COC(CCP(c2ccccc2OC)c2ccccc2OC)P(c2ccccc2OC)c2ccccc2OC)c1)P(c1ccccc1OC)c1ccccc1OC)c1ccccc1OC. The Kier molecular flexibility index (Phi) is 22.9. The topological polar surface area (TPSA) is 92.3 Å². The fourth-order valence-electron chi connectivity index (χ4n) is 10.6. The first-order chi connectivity index (χ1) is 41.4. The van der Waals surface area contributed by atoms with Crippen LogP contribution >= 0.6 is 31.7 Å². The van der Waals surface area contributed by atoms with Gasteiger partial charge < -0.3 is 47.4 Å². The Labute approximate surface area is 501 Å². The fourth-order valence-corrected chi connectivity index (χ4v) is 21.8. The molecule has 0 fully saturated rings. The number of methoxy groups -OCH3 is 8. The van der Waals surface area contributed by atoms with E-state index in [4.69, 9.17) is 47.4 Å². The molecular formula is C70H74O10P4. The molecule has 2 unspecified atom stereocenters. The van der Waals surface area contributed by atoms with Crippen LogP contribution < -0.4 is 80.3 Å². The van der Waals surface area contributed by atoms with Crippen LogP contribution in [0.1, 0.15) is 24.0 Å². The smallest absolute Gasteiger partial charge is 0.126 e. The molecule has 0 aromatic heterocycles. The molecule has 10 nitrogen and oxygen atoms in total. The third-order valence-corrected chi connectivity index (χ3v) is 25.3. The summed E-state index contributed by atoms with van der Waals surface area (Å²) in [5.74, 6) is 5.96. The van der Waals surface area contributed by atoms with Crippen LogP contribution in [0.4, 0.5) is 0 Å². The summed E-state index contributed by atoms with van der Waals surface area (Å²) in [6, 6.07) is 75.2. The zero-order valence-electron chi connectivity index (χ0n) is 49.1. The van der Waals surface area contributed by atoms with E-state index in [2.05, 4.69) is 121 Å². The maximum atomic E-state index is 7.49. The molecule has 0 saturated heterocycles. The van der Waals surface area contributed by atoms with E-state index in [9.17, 15) is 0 Å². The van der Waals surface area contributed by atoms with Crippen LogP contribution in [0, 0.1) is 0 Å². The molecule has 0 bridgehead atoms. The second kappa shape index (κ2) is 31.2. The van der Waals surface area contributed by atoms with E-state index in [0.717, 1.165) is 112 Å². The van der Waals surface area contributed by atoms with E-state index in [1.54, 1.807) is 56.9 Å². The minimum atomic E-state index is -1.27. The molecule has 2 atom stereocenters. The lowest BCUT2D eigenvalue weighted by molar-refractivity contribution is 0.0909. The van der Waals surface area contributed by atoms with Gasteiger partial charge in [0.25, 0.3) is 0 Å². The van der Waals surface area contributed by atoms with E-state index in [1.165, 1.54) is 0 Å². The summed E-state index contributed by atoms with van der Waals surface area (Å²) >= 11 is 0. The van der Waals surface area contributed by atoms with E-state index in [-0.39, 0.29) is 11.7 Å². The van der Waals surface area contributed by atoms with Crippen molar-refractivity contribution in [2.75, 3.05) is 69.2 Å². The van der Waals surface area contributed by atoms with Gasteiger partial charge in [-0.25, -0.2) is 0 Å². The lowest BCUT2D eigenvalue weighted by Gasteiger charge is -2.32. The van der Waals surface area contributed by atoms with Gasteiger partial charge in [-0.2, -0.15) is 0 Å². The van der Waals surface area contributed by atoms with Crippen LogP contribution in [0.3, 0.4) is 0 Å². The number of para-hydroxylation sites is 8. The van der Waals surface area contributed by atoms with Gasteiger partial charge in [0.15, 0.2) is 0 Å². The number of rotatable bonds is 30. The second-order valence-corrected chi connectivity index (χ2v) is 28.4. The van der Waals surface area contributed by atoms with Crippen LogP contribution in [0.2, 0.25) is 0 Å². The number of ether oxygens (including phenoxy) is 10. The van der Waals surface area contributed by atoms with Gasteiger partial charge in [-0.1, -0.05) is 170 Å². The van der Waals surface area contributed by atoms with Gasteiger partial charge in [0.2, 0.25) is 0 Å². The highest BCUT2D eigenvalue weighted by Gasteiger charge is 2.35. The quantitative estimate of drug-likeness (QED) is 0.0405. The van der Waals surface area contributed by atoms with Gasteiger partial charge in [0, 0.05) is 42.4 Å². The minimum absolute atomic E-state index is 0.307. The molecule has 434 valence electrons. The highest BCUT2D eigenvalue weighted by Crippen LogP contribution is 2.52. The van der Waals surface area contributed by atoms with Gasteiger partial charge in [-0.15, -0.1) is 0 Å². The predicted molar refractivity (Wildman–Crippen MR) is 351 cm³/mol. The minimum Gasteiger partial charge on any atom is -0.496 e. The molecule has 84 heavy (non-hydrogen) atoms. The van der Waals surface area contributed by atoms with Gasteiger partial charge >= 0.3 is 0 Å². The molecule has 0 heterocycles. The molecule has 14 heteroatoms. The Morgan fingerprint density at radius 1 is 0.262 bits per heavy atom. The average molecular weight is 1200 g/mol. The maximum absolute atomic E-state index is 7.49. The molecule has 0 spiro atoms. The highest BCUT2D eigenvalue weighted by molar-refractivity contribution is 7.75. The molecular weight excluding hydrogens is 1120 g/mol. The van der Waals surface area contributed by atoms with Gasteiger partial charge in [0.1, 0.15) is 46.0 Å². The summed E-state index contributed by atoms with van der Waals surface area (Å²) in [5, 5.41) is 8.82. The maximum Gasteiger partial charge on any atom is 0.126 e. The lowest BCUT2D eigenvalue weighted by atomic mass is 10.1. The zero-order chi connectivity index (χ0) is 58.6. The van der Waals surface area contributed by atoms with Crippen molar-refractivity contribution in [1.29, 1.82) is 0 Å². The molecule has 0 amide bonds. The van der Waals surface area contributed by atoms with Crippen molar-refractivity contribution in [1.82, 2.24) is 0 Å². The van der Waals surface area contributed by atoms with Crippen LogP contribution in [-0.2, 0) is 22.7 Å². The molecule has 9 aromatic rings. The Morgan fingerprint density at radius 2 is 0.476 bits per heavy atom. The molecule has 0 aliphatic carbocycles. The van der Waals surface area contributed by atoms with E-state index in [1.807, 2.05) is 97.1 Å². The summed E-state index contributed by atoms with van der Waals surface area (Å²) in [6.07, 6.45) is 2.93. The first-order valence-electron chi connectivity index (χ1n) is 27.8. The number of hydrogen-bond acceptors (Lipinski definition) is 10. The molecule has 0 saturated carbocycles. The van der Waals surface area contributed by atoms with Crippen molar-refractivity contribution in [2.45, 2.75) is 37.7 Å². The van der Waals surface area contributed by atoms with Crippen molar-refractivity contribution < 1.29 is 47.4 Å². The van der Waals surface area contributed by atoms with Gasteiger partial charge in [-0.05, 0) is 117 Å². The van der Waals surface area contributed by atoms with Crippen molar-refractivity contribution in [3.63, 3.8) is 0 Å². The van der Waals surface area contributed by atoms with Crippen molar-refractivity contribution >= 4 is 74.1 Å². The molecule has 0 aliphatic heterocycles. The predicted octanol–water partition coefficient (Wildman–Crippen LogP) is 12.8. The third kappa shape index (κ3) is 14.7. The summed E-state index contributed by atoms with van der Waals surface area (Å²) in [7, 11) is 9.35. The van der Waals surface area contributed by atoms with Crippen molar-refractivity contribution in [3.8, 4) is 46.0 Å². The fraction of sp³-hybridized carbons (Fsp3) is 0.229. The number of hydrogen-bond donors (Lipinski definition) is 0. The van der Waals surface area contributed by atoms with E-state index >= 15 is 0 Å². The normalized spacial score (nSPS) is 12.0. The summed E-state index contributed by atoms with van der Waals surface area (Å²) in [6.45, 7) is 0.674. The summed E-state index contributed by atoms with van der Waals surface area (Å²) in [4.78, 5) is 0. The zero-order valence-corrected chi connectivity index (χ0v) is 52.6. The second-order valence-electron chi connectivity index (χ2n) is 19.3. The Morgan fingerprint density at radius 3 is 0.714 bits per heavy atom. The van der Waals surface area contributed by atoms with Gasteiger partial charge in [0.05, 0.1) is 81.8 Å². The van der Waals surface area contributed by atoms with E-state index < -0.39 is 31.7 Å². The average Bonchev–Trinajstić information content (AvgIpc) is 3.68. The first-order valence-corrected chi connectivity index (χ1v) is 33.7. The number of benzene rings is 9. The monoisotopic (exact) mass is 1200 g/mol. The van der Waals surface area contributed by atoms with Crippen LogP contribution in [0.15, 0.2) is 218 Å². The van der Waals surface area contributed by atoms with Crippen molar-refractivity contribution in [3.05, 3.63) is 230 Å². The Hall–Kier alpha value is -6.98. The Bertz CT molecular complexity index is 3110. The third-order valence-electron chi connectivity index (χ3n) is 14.5. The van der Waals surface area contributed by atoms with Crippen LogP contribution in [-0.4, -0.2) is 80.9 Å². The van der Waals surface area contributed by atoms with Crippen LogP contribution in [0.5, 0.6) is 46.0 Å². The first kappa shape index (κ1) is 61.6. The molecule has 0 radical (unpaired) electrons. The van der Waals surface area contributed by atoms with Gasteiger partial charge in [-0.3, -0.25) is 0 Å². The van der Waals surface area contributed by atoms with Crippen molar-refractivity contribution in [2.24, 2.45) is 0 Å². The molecule has 9 rings (SSSR count). The lowest BCUT2D eigenvalue weighted by Crippen LogP contribution is -2.28. The molecule has 9 aromatic carbocycles. The molecule has 0 aliphatic rings. The largest absolute Gasteiger partial charge is 0.496 e.